The number of carbonyl (C=O) groups excluding carboxylic acids is 1. The topological polar surface area (TPSA) is 83.2 Å². The third-order valence-electron chi connectivity index (χ3n) is 3.54. The summed E-state index contributed by atoms with van der Waals surface area (Å²) in [6.07, 6.45) is 1.44. The number of piperazine rings is 1. The van der Waals surface area contributed by atoms with E-state index in [-0.39, 0.29) is 11.5 Å². The van der Waals surface area contributed by atoms with Crippen molar-refractivity contribution in [1.29, 1.82) is 10.5 Å². The van der Waals surface area contributed by atoms with E-state index in [4.69, 9.17) is 5.26 Å². The van der Waals surface area contributed by atoms with E-state index in [1.54, 1.807) is 29.2 Å². The average Bonchev–Trinajstić information content (AvgIpc) is 2.57. The first-order chi connectivity index (χ1) is 11.1. The number of nitriles is 2. The van der Waals surface area contributed by atoms with Gasteiger partial charge in [-0.1, -0.05) is 0 Å². The molecule has 0 unspecified atom stereocenters. The number of nitrogens with one attached hydrogen (secondary N) is 1. The first kappa shape index (κ1) is 16.9. The molecule has 0 radical (unpaired) electrons. The molecule has 7 heteroatoms. The number of amides is 1. The van der Waals surface area contributed by atoms with Gasteiger partial charge in [-0.05, 0) is 43.1 Å². The highest BCUT2D eigenvalue weighted by Gasteiger charge is 2.21. The van der Waals surface area contributed by atoms with Gasteiger partial charge < -0.3 is 15.1 Å². The molecule has 1 saturated heterocycles. The maximum Gasteiger partial charge on any atom is 0.266 e. The Morgan fingerprint density at radius 3 is 2.43 bits per heavy atom. The predicted molar refractivity (Wildman–Crippen MR) is 89.3 cm³/mol. The minimum Gasteiger partial charge on any atom is -0.360 e. The first-order valence-electron chi connectivity index (χ1n) is 7.14. The van der Waals surface area contributed by atoms with Crippen molar-refractivity contribution in [3.8, 4) is 11.5 Å². The summed E-state index contributed by atoms with van der Waals surface area (Å²) in [6, 6.07) is 9.16. The van der Waals surface area contributed by atoms with Crippen molar-refractivity contribution in [2.24, 2.45) is 0 Å². The smallest absolute Gasteiger partial charge is 0.266 e. The van der Waals surface area contributed by atoms with Gasteiger partial charge in [-0.2, -0.15) is 10.5 Å². The number of carbonyl (C=O) groups is 1. The van der Waals surface area contributed by atoms with Crippen LogP contribution >= 0.6 is 11.8 Å². The van der Waals surface area contributed by atoms with Crippen molar-refractivity contribution >= 4 is 23.4 Å². The molecule has 1 fully saturated rings. The molecule has 1 amide bonds. The molecule has 0 aliphatic carbocycles. The van der Waals surface area contributed by atoms with Crippen molar-refractivity contribution < 1.29 is 4.79 Å². The number of nitrogens with zero attached hydrogens (tertiary/aromatic N) is 4. The summed E-state index contributed by atoms with van der Waals surface area (Å²) in [5.74, 6) is -0.246. The second kappa shape index (κ2) is 8.23. The molecule has 0 bridgehead atoms. The van der Waals surface area contributed by atoms with Crippen LogP contribution in [0.4, 0.5) is 5.69 Å². The summed E-state index contributed by atoms with van der Waals surface area (Å²) in [5, 5.41) is 22.8. The van der Waals surface area contributed by atoms with E-state index in [2.05, 4.69) is 10.2 Å². The Kier molecular flexibility index (Phi) is 6.04. The van der Waals surface area contributed by atoms with E-state index in [0.717, 1.165) is 35.4 Å². The van der Waals surface area contributed by atoms with Crippen LogP contribution in [0.2, 0.25) is 0 Å². The minimum absolute atomic E-state index is 0.0880. The molecule has 6 nitrogen and oxygen atoms in total. The zero-order chi connectivity index (χ0) is 16.7. The molecule has 1 N–H and O–H groups in total. The molecule has 1 heterocycles. The van der Waals surface area contributed by atoms with E-state index in [1.807, 2.05) is 18.5 Å². The molecule has 118 valence electrons. The Morgan fingerprint density at radius 2 is 1.87 bits per heavy atom. The molecule has 1 aliphatic heterocycles. The van der Waals surface area contributed by atoms with E-state index >= 15 is 0 Å². The van der Waals surface area contributed by atoms with Crippen LogP contribution in [-0.2, 0) is 4.79 Å². The highest BCUT2D eigenvalue weighted by atomic mass is 32.2. The average molecular weight is 327 g/mol. The SMILES string of the molecule is CN1CCN(C(=O)/C(C#N)=C\Nc2ccc(SC#N)cc2)CC1. The van der Waals surface area contributed by atoms with Gasteiger partial charge in [0.1, 0.15) is 17.0 Å². The monoisotopic (exact) mass is 327 g/mol. The fourth-order valence-corrected chi connectivity index (χ4v) is 2.53. The number of thioether (sulfide) groups is 1. The number of rotatable bonds is 4. The molecule has 23 heavy (non-hydrogen) atoms. The van der Waals surface area contributed by atoms with Crippen LogP contribution in [0.1, 0.15) is 0 Å². The summed E-state index contributed by atoms with van der Waals surface area (Å²) in [4.78, 5) is 17.0. The normalized spacial score (nSPS) is 15.6. The van der Waals surface area contributed by atoms with Gasteiger partial charge in [-0.3, -0.25) is 4.79 Å². The van der Waals surface area contributed by atoms with Crippen LogP contribution < -0.4 is 5.32 Å². The van der Waals surface area contributed by atoms with Crippen molar-refractivity contribution in [3.05, 3.63) is 36.0 Å². The molecule has 0 spiro atoms. The predicted octanol–water partition coefficient (Wildman–Crippen LogP) is 1.85. The molecule has 0 aromatic heterocycles. The molecule has 1 aromatic carbocycles. The zero-order valence-corrected chi connectivity index (χ0v) is 13.6. The third-order valence-corrected chi connectivity index (χ3v) is 4.14. The Bertz CT molecular complexity index is 663. The van der Waals surface area contributed by atoms with E-state index in [0.29, 0.717) is 13.1 Å². The van der Waals surface area contributed by atoms with E-state index in [9.17, 15) is 10.1 Å². The van der Waals surface area contributed by atoms with Gasteiger partial charge in [0.25, 0.3) is 5.91 Å². The summed E-state index contributed by atoms with van der Waals surface area (Å²) in [5.41, 5.74) is 0.844. The zero-order valence-electron chi connectivity index (χ0n) is 12.8. The number of benzene rings is 1. The fraction of sp³-hybridized carbons (Fsp3) is 0.312. The van der Waals surface area contributed by atoms with Crippen molar-refractivity contribution in [2.45, 2.75) is 4.90 Å². The van der Waals surface area contributed by atoms with Crippen molar-refractivity contribution in [3.63, 3.8) is 0 Å². The summed E-state index contributed by atoms with van der Waals surface area (Å²) in [7, 11) is 2.01. The maximum absolute atomic E-state index is 12.3. The van der Waals surface area contributed by atoms with E-state index in [1.165, 1.54) is 6.20 Å². The largest absolute Gasteiger partial charge is 0.360 e. The molecule has 1 aliphatic rings. The lowest BCUT2D eigenvalue weighted by Gasteiger charge is -2.32. The fourth-order valence-electron chi connectivity index (χ4n) is 2.15. The minimum atomic E-state index is -0.246. The van der Waals surface area contributed by atoms with Crippen LogP contribution in [0.3, 0.4) is 0 Å². The molecule has 1 aromatic rings. The summed E-state index contributed by atoms with van der Waals surface area (Å²) >= 11 is 1.08. The van der Waals surface area contributed by atoms with Crippen molar-refractivity contribution in [1.82, 2.24) is 9.80 Å². The number of thiocyanates is 1. The molecule has 0 atom stereocenters. The maximum atomic E-state index is 12.3. The molecule has 0 saturated carbocycles. The van der Waals surface area contributed by atoms with Gasteiger partial charge in [-0.15, -0.1) is 0 Å². The van der Waals surface area contributed by atoms with Gasteiger partial charge in [0.15, 0.2) is 0 Å². The number of hydrogen-bond donors (Lipinski definition) is 1. The highest BCUT2D eigenvalue weighted by molar-refractivity contribution is 8.03. The van der Waals surface area contributed by atoms with Gasteiger partial charge >= 0.3 is 0 Å². The second-order valence-electron chi connectivity index (χ2n) is 5.13. The molecular weight excluding hydrogens is 310 g/mol. The van der Waals surface area contributed by atoms with Crippen LogP contribution in [0.25, 0.3) is 0 Å². The van der Waals surface area contributed by atoms with Crippen LogP contribution in [0, 0.1) is 22.0 Å². The molecular formula is C16H17N5OS. The standard InChI is InChI=1S/C16H17N5OS/c1-20-6-8-21(9-7-20)16(22)13(10-17)11-19-14-2-4-15(5-3-14)23-12-18/h2-5,11,19H,6-9H2,1H3/b13-11-. The van der Waals surface area contributed by atoms with Gasteiger partial charge in [-0.25, -0.2) is 0 Å². The first-order valence-corrected chi connectivity index (χ1v) is 7.96. The molecule has 2 rings (SSSR count). The summed E-state index contributed by atoms with van der Waals surface area (Å²) < 4.78 is 0. The van der Waals surface area contributed by atoms with Crippen molar-refractivity contribution in [2.75, 3.05) is 38.5 Å². The lowest BCUT2D eigenvalue weighted by molar-refractivity contribution is -0.128. The number of hydrogen-bond acceptors (Lipinski definition) is 6. The summed E-state index contributed by atoms with van der Waals surface area (Å²) in [6.45, 7) is 2.90. The van der Waals surface area contributed by atoms with Gasteiger partial charge in [0, 0.05) is 43.0 Å². The quantitative estimate of drug-likeness (QED) is 0.393. The lowest BCUT2D eigenvalue weighted by Crippen LogP contribution is -2.47. The van der Waals surface area contributed by atoms with E-state index < -0.39 is 0 Å². The van der Waals surface area contributed by atoms with Crippen LogP contribution in [0.15, 0.2) is 40.9 Å². The Hall–Kier alpha value is -2.48. The van der Waals surface area contributed by atoms with Gasteiger partial charge in [0.05, 0.1) is 0 Å². The second-order valence-corrected chi connectivity index (χ2v) is 5.99. The van der Waals surface area contributed by atoms with Gasteiger partial charge in [0.2, 0.25) is 0 Å². The number of anilines is 1. The third kappa shape index (κ3) is 4.75. The van der Waals surface area contributed by atoms with Crippen LogP contribution in [0.5, 0.6) is 0 Å². The Balaban J connectivity index is 2.00. The lowest BCUT2D eigenvalue weighted by atomic mass is 10.2. The number of likely N-dealkylation sites (N-methyl/N-ethyl adjacent to an activating group) is 1. The van der Waals surface area contributed by atoms with Crippen LogP contribution in [-0.4, -0.2) is 48.9 Å². The Labute approximate surface area is 140 Å². The Morgan fingerprint density at radius 1 is 1.22 bits per heavy atom. The highest BCUT2D eigenvalue weighted by Crippen LogP contribution is 2.19.